The Labute approximate surface area is 87.7 Å². The van der Waals surface area contributed by atoms with E-state index in [0.717, 1.165) is 17.5 Å². The molecule has 0 aromatic heterocycles. The van der Waals surface area contributed by atoms with Crippen molar-refractivity contribution in [3.05, 3.63) is 29.8 Å². The van der Waals surface area contributed by atoms with Crippen LogP contribution in [0.25, 0.3) is 0 Å². The first-order chi connectivity index (χ1) is 6.86. The molecule has 0 heterocycles. The van der Waals surface area contributed by atoms with E-state index < -0.39 is 0 Å². The summed E-state index contributed by atoms with van der Waals surface area (Å²) in [6, 6.07) is 7.24. The summed E-state index contributed by atoms with van der Waals surface area (Å²) in [7, 11) is 0. The standard InChI is InChI=1S/C11H7NOS/c13-8-2-1-3-10-4-6-11(7-5-10)12-9-14/h4-8H,2H2. The second-order valence-corrected chi connectivity index (χ2v) is 2.61. The molecule has 1 aromatic carbocycles. The summed E-state index contributed by atoms with van der Waals surface area (Å²) in [6.07, 6.45) is 1.04. The normalized spacial score (nSPS) is 8.00. The minimum atomic E-state index is 0.264. The second kappa shape index (κ2) is 5.82. The van der Waals surface area contributed by atoms with Crippen molar-refractivity contribution < 1.29 is 4.79 Å². The predicted octanol–water partition coefficient (Wildman–Crippen LogP) is 2.36. The fourth-order valence-electron chi connectivity index (χ4n) is 0.867. The Kier molecular flexibility index (Phi) is 4.30. The zero-order chi connectivity index (χ0) is 10.2. The van der Waals surface area contributed by atoms with Gasteiger partial charge in [0.15, 0.2) is 0 Å². The van der Waals surface area contributed by atoms with Crippen molar-refractivity contribution in [2.75, 3.05) is 0 Å². The van der Waals surface area contributed by atoms with Gasteiger partial charge in [0.25, 0.3) is 0 Å². The van der Waals surface area contributed by atoms with Crippen LogP contribution >= 0.6 is 12.2 Å². The summed E-state index contributed by atoms with van der Waals surface area (Å²) in [5.41, 5.74) is 1.61. The monoisotopic (exact) mass is 201 g/mol. The van der Waals surface area contributed by atoms with Crippen molar-refractivity contribution in [3.63, 3.8) is 0 Å². The second-order valence-electron chi connectivity index (χ2n) is 2.42. The van der Waals surface area contributed by atoms with Gasteiger partial charge in [0.2, 0.25) is 0 Å². The number of carbonyl (C=O) groups excluding carboxylic acids is 1. The molecule has 68 valence electrons. The van der Waals surface area contributed by atoms with Gasteiger partial charge in [0.1, 0.15) is 6.29 Å². The van der Waals surface area contributed by atoms with Crippen LogP contribution in [0.3, 0.4) is 0 Å². The highest BCUT2D eigenvalue weighted by Gasteiger charge is 1.87. The number of nitrogens with zero attached hydrogens (tertiary/aromatic N) is 1. The molecular weight excluding hydrogens is 194 g/mol. The Hall–Kier alpha value is -1.75. The molecule has 0 spiro atoms. The van der Waals surface area contributed by atoms with E-state index in [4.69, 9.17) is 0 Å². The largest absolute Gasteiger partial charge is 0.302 e. The molecule has 0 aliphatic carbocycles. The number of rotatable bonds is 2. The highest BCUT2D eigenvalue weighted by atomic mass is 32.1. The molecule has 3 heteroatoms. The predicted molar refractivity (Wildman–Crippen MR) is 58.7 cm³/mol. The van der Waals surface area contributed by atoms with Gasteiger partial charge in [-0.05, 0) is 36.5 Å². The highest BCUT2D eigenvalue weighted by molar-refractivity contribution is 7.78. The number of benzene rings is 1. The third-order valence-corrected chi connectivity index (χ3v) is 1.55. The lowest BCUT2D eigenvalue weighted by Crippen LogP contribution is -1.73. The van der Waals surface area contributed by atoms with Crippen LogP contribution in [0.4, 0.5) is 5.69 Å². The van der Waals surface area contributed by atoms with E-state index in [1.165, 1.54) is 0 Å². The average Bonchev–Trinajstić information content (AvgIpc) is 2.21. The van der Waals surface area contributed by atoms with Crippen molar-refractivity contribution in [2.24, 2.45) is 4.99 Å². The summed E-state index contributed by atoms with van der Waals surface area (Å²) < 4.78 is 0. The van der Waals surface area contributed by atoms with Crippen LogP contribution in [-0.4, -0.2) is 11.4 Å². The quantitative estimate of drug-likeness (QED) is 0.318. The van der Waals surface area contributed by atoms with Crippen molar-refractivity contribution in [1.29, 1.82) is 0 Å². The molecule has 1 aromatic rings. The zero-order valence-corrected chi connectivity index (χ0v) is 8.17. The molecule has 0 amide bonds. The summed E-state index contributed by atoms with van der Waals surface area (Å²) >= 11 is 4.47. The van der Waals surface area contributed by atoms with Crippen molar-refractivity contribution in [2.45, 2.75) is 6.42 Å². The Morgan fingerprint density at radius 2 is 2.07 bits per heavy atom. The molecule has 0 saturated carbocycles. The van der Waals surface area contributed by atoms with Crippen molar-refractivity contribution >= 4 is 29.4 Å². The van der Waals surface area contributed by atoms with Crippen LogP contribution in [0, 0.1) is 11.8 Å². The fraction of sp³-hybridized carbons (Fsp3) is 0.0909. The highest BCUT2D eigenvalue weighted by Crippen LogP contribution is 2.11. The molecule has 0 radical (unpaired) electrons. The lowest BCUT2D eigenvalue weighted by Gasteiger charge is -1.90. The molecule has 14 heavy (non-hydrogen) atoms. The Bertz CT molecular complexity index is 419. The minimum Gasteiger partial charge on any atom is -0.302 e. The summed E-state index contributed by atoms with van der Waals surface area (Å²) in [5.74, 6) is 5.56. The van der Waals surface area contributed by atoms with Gasteiger partial charge in [-0.25, -0.2) is 0 Å². The maximum absolute atomic E-state index is 10.00. The number of thiocarbonyl (C=S) groups is 1. The van der Waals surface area contributed by atoms with Gasteiger partial charge in [-0.15, -0.1) is 0 Å². The van der Waals surface area contributed by atoms with Crippen molar-refractivity contribution in [3.8, 4) is 11.8 Å². The average molecular weight is 201 g/mol. The van der Waals surface area contributed by atoms with E-state index in [2.05, 4.69) is 34.2 Å². The van der Waals surface area contributed by atoms with E-state index in [9.17, 15) is 4.79 Å². The van der Waals surface area contributed by atoms with Crippen molar-refractivity contribution in [1.82, 2.24) is 0 Å². The van der Waals surface area contributed by atoms with Crippen LogP contribution in [0.15, 0.2) is 29.3 Å². The van der Waals surface area contributed by atoms with Gasteiger partial charge in [0.05, 0.1) is 17.3 Å². The Morgan fingerprint density at radius 3 is 2.64 bits per heavy atom. The molecule has 0 aliphatic rings. The van der Waals surface area contributed by atoms with Crippen LogP contribution in [-0.2, 0) is 4.79 Å². The number of isothiocyanates is 1. The molecule has 0 bridgehead atoms. The lowest BCUT2D eigenvalue weighted by molar-refractivity contribution is -0.107. The summed E-state index contributed by atoms with van der Waals surface area (Å²) in [6.45, 7) is 0. The molecule has 2 nitrogen and oxygen atoms in total. The van der Waals surface area contributed by atoms with Gasteiger partial charge in [0, 0.05) is 5.56 Å². The molecule has 0 fully saturated rings. The number of hydrogen-bond acceptors (Lipinski definition) is 3. The van der Waals surface area contributed by atoms with Gasteiger partial charge < -0.3 is 4.79 Å². The fourth-order valence-corrected chi connectivity index (χ4v) is 0.972. The van der Waals surface area contributed by atoms with Crippen LogP contribution in [0.1, 0.15) is 12.0 Å². The maximum Gasteiger partial charge on any atom is 0.131 e. The lowest BCUT2D eigenvalue weighted by atomic mass is 10.2. The molecule has 0 N–H and O–H groups in total. The molecule has 0 saturated heterocycles. The number of aliphatic imine (C=N–C) groups is 1. The van der Waals surface area contributed by atoms with Gasteiger partial charge in [-0.1, -0.05) is 11.8 Å². The van der Waals surface area contributed by atoms with E-state index in [1.807, 2.05) is 12.1 Å². The Balaban J connectivity index is 2.79. The topological polar surface area (TPSA) is 29.4 Å². The summed E-state index contributed by atoms with van der Waals surface area (Å²) in [5, 5.41) is 2.28. The van der Waals surface area contributed by atoms with E-state index >= 15 is 0 Å². The molecule has 1 rings (SSSR count). The number of hydrogen-bond donors (Lipinski definition) is 0. The first-order valence-corrected chi connectivity index (χ1v) is 4.38. The van der Waals surface area contributed by atoms with Gasteiger partial charge in [-0.2, -0.15) is 4.99 Å². The number of carbonyl (C=O) groups is 1. The first kappa shape index (κ1) is 10.3. The third kappa shape index (κ3) is 3.32. The molecule has 0 atom stereocenters. The Morgan fingerprint density at radius 1 is 1.36 bits per heavy atom. The van der Waals surface area contributed by atoms with Gasteiger partial charge >= 0.3 is 0 Å². The summed E-state index contributed by atoms with van der Waals surface area (Å²) in [4.78, 5) is 13.8. The zero-order valence-electron chi connectivity index (χ0n) is 7.36. The smallest absolute Gasteiger partial charge is 0.131 e. The SMILES string of the molecule is O=CCC#Cc1ccc(N=C=S)cc1. The minimum absolute atomic E-state index is 0.264. The maximum atomic E-state index is 10.00. The number of aldehydes is 1. The van der Waals surface area contributed by atoms with E-state index in [1.54, 1.807) is 12.1 Å². The molecular formula is C11H7NOS. The van der Waals surface area contributed by atoms with Gasteiger partial charge in [-0.3, -0.25) is 0 Å². The third-order valence-electron chi connectivity index (χ3n) is 1.46. The van der Waals surface area contributed by atoms with Crippen LogP contribution in [0.5, 0.6) is 0 Å². The van der Waals surface area contributed by atoms with Crippen LogP contribution < -0.4 is 0 Å². The first-order valence-electron chi connectivity index (χ1n) is 3.97. The van der Waals surface area contributed by atoms with E-state index in [-0.39, 0.29) is 6.42 Å². The molecule has 0 unspecified atom stereocenters. The van der Waals surface area contributed by atoms with E-state index in [0.29, 0.717) is 0 Å². The van der Waals surface area contributed by atoms with Crippen LogP contribution in [0.2, 0.25) is 0 Å². The molecule has 0 aliphatic heterocycles.